The standard InChI is InChI=1S/C23H27ClFN3O5S/c24-21-6-5-19(34(30,31)28-9-13-33-14-10-28)15-20(21)23(29)26-16-22(27-7-11-32-12-8-27)17-1-3-18(25)4-2-17/h1-6,15,22H,7-14,16H2,(H,26,29)/t22-/m0/s1. The van der Waals surface area contributed by atoms with Crippen LogP contribution in [-0.2, 0) is 19.5 Å². The number of ether oxygens (including phenoxy) is 2. The molecule has 2 saturated heterocycles. The van der Waals surface area contributed by atoms with Crippen LogP contribution in [0.5, 0.6) is 0 Å². The molecule has 2 heterocycles. The number of halogens is 2. The molecule has 0 aromatic heterocycles. The molecule has 2 fully saturated rings. The monoisotopic (exact) mass is 511 g/mol. The summed E-state index contributed by atoms with van der Waals surface area (Å²) >= 11 is 6.27. The number of morpholine rings is 2. The number of carbonyl (C=O) groups excluding carboxylic acids is 1. The van der Waals surface area contributed by atoms with Crippen LogP contribution in [0.15, 0.2) is 47.4 Å². The Morgan fingerprint density at radius 2 is 1.62 bits per heavy atom. The molecule has 2 aromatic rings. The molecule has 0 aliphatic carbocycles. The van der Waals surface area contributed by atoms with Crippen molar-refractivity contribution in [2.75, 3.05) is 59.2 Å². The van der Waals surface area contributed by atoms with Crippen LogP contribution in [0, 0.1) is 5.82 Å². The first-order valence-corrected chi connectivity index (χ1v) is 12.9. The topological polar surface area (TPSA) is 88.2 Å². The second kappa shape index (κ2) is 11.1. The summed E-state index contributed by atoms with van der Waals surface area (Å²) in [5, 5.41) is 3.04. The molecule has 8 nitrogen and oxygen atoms in total. The summed E-state index contributed by atoms with van der Waals surface area (Å²) < 4.78 is 51.5. The quantitative estimate of drug-likeness (QED) is 0.614. The number of rotatable bonds is 7. The predicted octanol–water partition coefficient (Wildman–Crippen LogP) is 2.30. The van der Waals surface area contributed by atoms with Crippen molar-refractivity contribution in [2.24, 2.45) is 0 Å². The number of benzene rings is 2. The molecule has 4 rings (SSSR count). The minimum atomic E-state index is -3.77. The average molecular weight is 512 g/mol. The van der Waals surface area contributed by atoms with Gasteiger partial charge in [0.15, 0.2) is 0 Å². The third-order valence-electron chi connectivity index (χ3n) is 5.99. The maximum Gasteiger partial charge on any atom is 0.252 e. The van der Waals surface area contributed by atoms with E-state index in [4.69, 9.17) is 21.1 Å². The first kappa shape index (κ1) is 25.0. The second-order valence-electron chi connectivity index (χ2n) is 8.08. The summed E-state index contributed by atoms with van der Waals surface area (Å²) in [6.07, 6.45) is 0. The number of amides is 1. The van der Waals surface area contributed by atoms with E-state index in [1.165, 1.54) is 34.6 Å². The SMILES string of the molecule is O=C(NC[C@@H](c1ccc(F)cc1)N1CCOCC1)c1cc(S(=O)(=O)N2CCOCC2)ccc1Cl. The molecule has 2 aliphatic rings. The van der Waals surface area contributed by atoms with Gasteiger partial charge in [-0.1, -0.05) is 23.7 Å². The molecular formula is C23H27ClFN3O5S. The van der Waals surface area contributed by atoms with Crippen LogP contribution < -0.4 is 5.32 Å². The van der Waals surface area contributed by atoms with E-state index < -0.39 is 15.9 Å². The molecule has 2 aliphatic heterocycles. The summed E-state index contributed by atoms with van der Waals surface area (Å²) in [4.78, 5) is 15.2. The lowest BCUT2D eigenvalue weighted by atomic mass is 10.0. The van der Waals surface area contributed by atoms with Crippen LogP contribution in [0.4, 0.5) is 4.39 Å². The van der Waals surface area contributed by atoms with Gasteiger partial charge < -0.3 is 14.8 Å². The average Bonchev–Trinajstić information content (AvgIpc) is 2.86. The van der Waals surface area contributed by atoms with Crippen molar-refractivity contribution in [2.45, 2.75) is 10.9 Å². The molecule has 0 spiro atoms. The van der Waals surface area contributed by atoms with E-state index in [2.05, 4.69) is 10.2 Å². The minimum absolute atomic E-state index is 0.00668. The van der Waals surface area contributed by atoms with Crippen molar-refractivity contribution in [3.05, 3.63) is 64.4 Å². The zero-order valence-corrected chi connectivity index (χ0v) is 20.2. The minimum Gasteiger partial charge on any atom is -0.379 e. The molecule has 1 N–H and O–H groups in total. The van der Waals surface area contributed by atoms with Crippen LogP contribution in [0.3, 0.4) is 0 Å². The molecule has 2 aromatic carbocycles. The summed E-state index contributed by atoms with van der Waals surface area (Å²) in [5.41, 5.74) is 0.939. The molecule has 0 bridgehead atoms. The maximum atomic E-state index is 13.5. The fraction of sp³-hybridized carbons (Fsp3) is 0.435. The molecule has 34 heavy (non-hydrogen) atoms. The van der Waals surface area contributed by atoms with E-state index in [9.17, 15) is 17.6 Å². The first-order chi connectivity index (χ1) is 16.4. The highest BCUT2D eigenvalue weighted by Crippen LogP contribution is 2.25. The zero-order chi connectivity index (χ0) is 24.1. The summed E-state index contributed by atoms with van der Waals surface area (Å²) in [6, 6.07) is 10.1. The zero-order valence-electron chi connectivity index (χ0n) is 18.6. The highest BCUT2D eigenvalue weighted by Gasteiger charge is 2.28. The molecule has 1 amide bonds. The van der Waals surface area contributed by atoms with Crippen LogP contribution in [0.1, 0.15) is 22.0 Å². The van der Waals surface area contributed by atoms with Gasteiger partial charge in [0, 0.05) is 32.7 Å². The summed E-state index contributed by atoms with van der Waals surface area (Å²) in [7, 11) is -3.77. The predicted molar refractivity (Wildman–Crippen MR) is 125 cm³/mol. The van der Waals surface area contributed by atoms with Crippen molar-refractivity contribution in [3.8, 4) is 0 Å². The fourth-order valence-corrected chi connectivity index (χ4v) is 5.73. The summed E-state index contributed by atoms with van der Waals surface area (Å²) in [6.45, 7) is 3.88. The Balaban J connectivity index is 1.52. The Morgan fingerprint density at radius 3 is 2.26 bits per heavy atom. The lowest BCUT2D eigenvalue weighted by Crippen LogP contribution is -2.44. The van der Waals surface area contributed by atoms with Crippen molar-refractivity contribution < 1.29 is 27.1 Å². The molecule has 11 heteroatoms. The van der Waals surface area contributed by atoms with Crippen LogP contribution in [-0.4, -0.2) is 82.7 Å². The third kappa shape index (κ3) is 5.76. The normalized spacial score (nSPS) is 19.0. The lowest BCUT2D eigenvalue weighted by Gasteiger charge is -2.35. The number of hydrogen-bond donors (Lipinski definition) is 1. The van der Waals surface area contributed by atoms with E-state index in [1.807, 2.05) is 0 Å². The number of hydrogen-bond acceptors (Lipinski definition) is 6. The number of carbonyl (C=O) groups is 1. The van der Waals surface area contributed by atoms with E-state index in [0.29, 0.717) is 39.5 Å². The Labute approximate surface area is 203 Å². The van der Waals surface area contributed by atoms with Gasteiger partial charge >= 0.3 is 0 Å². The maximum absolute atomic E-state index is 13.5. The van der Waals surface area contributed by atoms with E-state index in [0.717, 1.165) is 5.56 Å². The highest BCUT2D eigenvalue weighted by atomic mass is 35.5. The van der Waals surface area contributed by atoms with Gasteiger partial charge in [0.05, 0.1) is 48.0 Å². The Kier molecular flexibility index (Phi) is 8.18. The second-order valence-corrected chi connectivity index (χ2v) is 10.4. The van der Waals surface area contributed by atoms with Gasteiger partial charge in [0.25, 0.3) is 5.91 Å². The van der Waals surface area contributed by atoms with Gasteiger partial charge in [0.1, 0.15) is 5.82 Å². The Morgan fingerprint density at radius 1 is 1.00 bits per heavy atom. The van der Waals surface area contributed by atoms with E-state index in [1.54, 1.807) is 12.1 Å². The Hall–Kier alpha value is -2.08. The van der Waals surface area contributed by atoms with E-state index >= 15 is 0 Å². The third-order valence-corrected chi connectivity index (χ3v) is 8.21. The first-order valence-electron chi connectivity index (χ1n) is 11.1. The summed E-state index contributed by atoms with van der Waals surface area (Å²) in [5.74, 6) is -0.817. The van der Waals surface area contributed by atoms with Crippen LogP contribution in [0.2, 0.25) is 5.02 Å². The molecular weight excluding hydrogens is 485 g/mol. The molecule has 0 saturated carbocycles. The van der Waals surface area contributed by atoms with Crippen molar-refractivity contribution >= 4 is 27.5 Å². The van der Waals surface area contributed by atoms with Gasteiger partial charge in [-0.25, -0.2) is 12.8 Å². The number of nitrogens with one attached hydrogen (secondary N) is 1. The van der Waals surface area contributed by atoms with Crippen molar-refractivity contribution in [3.63, 3.8) is 0 Å². The highest BCUT2D eigenvalue weighted by molar-refractivity contribution is 7.89. The lowest BCUT2D eigenvalue weighted by molar-refractivity contribution is 0.0162. The van der Waals surface area contributed by atoms with Crippen LogP contribution >= 0.6 is 11.6 Å². The number of sulfonamides is 1. The number of nitrogens with zero attached hydrogens (tertiary/aromatic N) is 2. The Bertz CT molecular complexity index is 1100. The van der Waals surface area contributed by atoms with Crippen LogP contribution in [0.25, 0.3) is 0 Å². The van der Waals surface area contributed by atoms with Gasteiger partial charge in [-0.2, -0.15) is 4.31 Å². The molecule has 184 valence electrons. The smallest absolute Gasteiger partial charge is 0.252 e. The molecule has 1 atom stereocenters. The fourth-order valence-electron chi connectivity index (χ4n) is 4.09. The molecule has 0 unspecified atom stereocenters. The van der Waals surface area contributed by atoms with Gasteiger partial charge in [-0.3, -0.25) is 9.69 Å². The largest absolute Gasteiger partial charge is 0.379 e. The van der Waals surface area contributed by atoms with Gasteiger partial charge in [0.2, 0.25) is 10.0 Å². The van der Waals surface area contributed by atoms with E-state index in [-0.39, 0.29) is 47.0 Å². The van der Waals surface area contributed by atoms with Gasteiger partial charge in [-0.15, -0.1) is 0 Å². The van der Waals surface area contributed by atoms with Gasteiger partial charge in [-0.05, 0) is 35.9 Å². The van der Waals surface area contributed by atoms with Crippen molar-refractivity contribution in [1.82, 2.24) is 14.5 Å². The van der Waals surface area contributed by atoms with Crippen molar-refractivity contribution in [1.29, 1.82) is 0 Å². The molecule has 0 radical (unpaired) electrons.